The number of carbonyl (C=O) groups is 1. The molecule has 12 heavy (non-hydrogen) atoms. The molecule has 0 fully saturated rings. The lowest BCUT2D eigenvalue weighted by molar-refractivity contribution is -0.134. The Labute approximate surface area is 87.3 Å². The molecule has 74 valence electrons. The molecule has 0 aromatic carbocycles. The summed E-state index contributed by atoms with van der Waals surface area (Å²) in [5.41, 5.74) is -0.576. The Morgan fingerprint density at radius 3 is 1.33 bits per heavy atom. The van der Waals surface area contributed by atoms with Gasteiger partial charge in [-0.15, -0.1) is 0 Å². The van der Waals surface area contributed by atoms with Gasteiger partial charge in [0.1, 0.15) is 0 Å². The molecule has 0 unspecified atom stereocenters. The van der Waals surface area contributed by atoms with Crippen molar-refractivity contribution in [3.05, 3.63) is 0 Å². The zero-order chi connectivity index (χ0) is 10.6. The Morgan fingerprint density at radius 1 is 1.25 bits per heavy atom. The van der Waals surface area contributed by atoms with Crippen molar-refractivity contribution in [2.24, 2.45) is 0 Å². The van der Waals surface area contributed by atoms with E-state index >= 15 is 0 Å². The second kappa shape index (κ2) is 5.01. The van der Waals surface area contributed by atoms with Gasteiger partial charge in [0.25, 0.3) is 5.97 Å². The van der Waals surface area contributed by atoms with Crippen LogP contribution >= 0.6 is 22.6 Å². The number of carboxylic acid groups (broad SMARTS) is 1. The number of halogens is 1. The molecule has 0 radical (unpaired) electrons. The van der Waals surface area contributed by atoms with E-state index in [0.717, 1.165) is 6.92 Å². The molecule has 4 heteroatoms. The van der Waals surface area contributed by atoms with Gasteiger partial charge in [-0.05, 0) is 27.7 Å². The lowest BCUT2D eigenvalue weighted by Crippen LogP contribution is -2.39. The van der Waals surface area contributed by atoms with Crippen molar-refractivity contribution in [1.29, 1.82) is 0 Å². The topological polar surface area (TPSA) is 57.5 Å². The summed E-state index contributed by atoms with van der Waals surface area (Å²) in [5, 5.41) is 16.8. The van der Waals surface area contributed by atoms with Gasteiger partial charge in [-0.2, -0.15) is 0 Å². The zero-order valence-corrected chi connectivity index (χ0v) is 10.3. The van der Waals surface area contributed by atoms with Crippen molar-refractivity contribution < 1.29 is 15.0 Å². The lowest BCUT2D eigenvalue weighted by atomic mass is 9.95. The molecule has 3 nitrogen and oxygen atoms in total. The summed E-state index contributed by atoms with van der Waals surface area (Å²) in [5.74, 6) is -0.833. The largest absolute Gasteiger partial charge is 0.481 e. The van der Waals surface area contributed by atoms with E-state index in [4.69, 9.17) is 9.90 Å². The third kappa shape index (κ3) is 10.2. The van der Waals surface area contributed by atoms with E-state index in [1.54, 1.807) is 0 Å². The average Bonchev–Trinajstić information content (AvgIpc) is 1.55. The van der Waals surface area contributed by atoms with E-state index in [9.17, 15) is 5.11 Å². The van der Waals surface area contributed by atoms with Crippen molar-refractivity contribution in [2.75, 3.05) is 0 Å². The average molecular weight is 288 g/mol. The van der Waals surface area contributed by atoms with Gasteiger partial charge in [-0.1, -0.05) is 22.6 Å². The smallest absolute Gasteiger partial charge is 0.300 e. The van der Waals surface area contributed by atoms with Crippen molar-refractivity contribution >= 4 is 28.6 Å². The molecule has 0 aliphatic carbocycles. The summed E-state index contributed by atoms with van der Waals surface area (Å²) in [7, 11) is 0. The molecule has 0 atom stereocenters. The summed E-state index contributed by atoms with van der Waals surface area (Å²) in [4.78, 5) is 9.00. The van der Waals surface area contributed by atoms with Crippen LogP contribution in [0.3, 0.4) is 0 Å². The van der Waals surface area contributed by atoms with Crippen molar-refractivity contribution in [1.82, 2.24) is 0 Å². The third-order valence-electron chi connectivity index (χ3n) is 1.45. The fourth-order valence-electron chi connectivity index (χ4n) is 0. The van der Waals surface area contributed by atoms with E-state index in [2.05, 4.69) is 22.6 Å². The molecule has 0 aliphatic rings. The molecule has 0 amide bonds. The summed E-state index contributed by atoms with van der Waals surface area (Å²) >= 11 is 2.23. The first kappa shape index (κ1) is 14.7. The second-order valence-corrected chi connectivity index (χ2v) is 6.25. The molecule has 0 spiro atoms. The quantitative estimate of drug-likeness (QED) is 0.573. The first-order valence-electron chi connectivity index (χ1n) is 3.59. The third-order valence-corrected chi connectivity index (χ3v) is 2.77. The summed E-state index contributed by atoms with van der Waals surface area (Å²) in [6, 6.07) is 0. The SMILES string of the molecule is CC(=O)O.CC(C)(O)C(C)(C)I. The predicted octanol–water partition coefficient (Wildman–Crippen LogP) is 2.06. The molecule has 0 bridgehead atoms. The number of hydrogen-bond donors (Lipinski definition) is 2. The summed E-state index contributed by atoms with van der Waals surface area (Å²) in [6.07, 6.45) is 0. The van der Waals surface area contributed by atoms with Crippen LogP contribution in [-0.2, 0) is 4.79 Å². The van der Waals surface area contributed by atoms with Crippen LogP contribution in [0.2, 0.25) is 0 Å². The first-order valence-corrected chi connectivity index (χ1v) is 4.67. The maximum Gasteiger partial charge on any atom is 0.300 e. The van der Waals surface area contributed by atoms with E-state index in [-0.39, 0.29) is 3.42 Å². The molecular formula is C8H17IO3. The minimum Gasteiger partial charge on any atom is -0.481 e. The molecule has 0 saturated heterocycles. The van der Waals surface area contributed by atoms with E-state index in [1.165, 1.54) is 0 Å². The molecule has 0 aromatic rings. The maximum absolute atomic E-state index is 9.35. The molecule has 0 saturated carbocycles. The van der Waals surface area contributed by atoms with Crippen LogP contribution in [0.1, 0.15) is 34.6 Å². The first-order chi connectivity index (χ1) is 4.98. The summed E-state index contributed by atoms with van der Waals surface area (Å²) in [6.45, 7) is 8.74. The van der Waals surface area contributed by atoms with Crippen LogP contribution in [0, 0.1) is 0 Å². The molecule has 2 N–H and O–H groups in total. The molecule has 0 aliphatic heterocycles. The highest BCUT2D eigenvalue weighted by molar-refractivity contribution is 14.1. The van der Waals surface area contributed by atoms with Crippen LogP contribution < -0.4 is 0 Å². The number of aliphatic carboxylic acids is 1. The predicted molar refractivity (Wildman–Crippen MR) is 57.7 cm³/mol. The highest BCUT2D eigenvalue weighted by Crippen LogP contribution is 2.29. The Bertz CT molecular complexity index is 125. The van der Waals surface area contributed by atoms with Gasteiger partial charge < -0.3 is 10.2 Å². The number of carboxylic acids is 1. The zero-order valence-electron chi connectivity index (χ0n) is 8.18. The van der Waals surface area contributed by atoms with Gasteiger partial charge in [-0.3, -0.25) is 4.79 Å². The minimum atomic E-state index is -0.833. The fourth-order valence-corrected chi connectivity index (χ4v) is 0. The van der Waals surface area contributed by atoms with Crippen LogP contribution in [0.4, 0.5) is 0 Å². The van der Waals surface area contributed by atoms with Crippen molar-refractivity contribution in [2.45, 2.75) is 43.6 Å². The Kier molecular flexibility index (Phi) is 6.13. The van der Waals surface area contributed by atoms with Crippen molar-refractivity contribution in [3.63, 3.8) is 0 Å². The number of alkyl halides is 1. The van der Waals surface area contributed by atoms with E-state index in [0.29, 0.717) is 0 Å². The van der Waals surface area contributed by atoms with Gasteiger partial charge in [0.05, 0.1) is 5.60 Å². The Hall–Kier alpha value is 0.160. The van der Waals surface area contributed by atoms with Gasteiger partial charge >= 0.3 is 0 Å². The molecule has 0 heterocycles. The van der Waals surface area contributed by atoms with Crippen LogP contribution in [-0.4, -0.2) is 25.2 Å². The van der Waals surface area contributed by atoms with E-state index in [1.807, 2.05) is 27.7 Å². The highest BCUT2D eigenvalue weighted by atomic mass is 127. The second-order valence-electron chi connectivity index (χ2n) is 3.55. The summed E-state index contributed by atoms with van der Waals surface area (Å²) < 4.78 is -0.0369. The normalized spacial score (nSPS) is 11.6. The van der Waals surface area contributed by atoms with E-state index < -0.39 is 11.6 Å². The van der Waals surface area contributed by atoms with Crippen molar-refractivity contribution in [3.8, 4) is 0 Å². The van der Waals surface area contributed by atoms with Gasteiger partial charge in [0.2, 0.25) is 0 Å². The van der Waals surface area contributed by atoms with Crippen LogP contribution in [0.25, 0.3) is 0 Å². The molecule has 0 rings (SSSR count). The Morgan fingerprint density at radius 2 is 1.33 bits per heavy atom. The highest BCUT2D eigenvalue weighted by Gasteiger charge is 2.31. The minimum absolute atomic E-state index is 0.0369. The number of hydrogen-bond acceptors (Lipinski definition) is 2. The standard InChI is InChI=1S/C6H13IO.C2H4O2/c1-5(2,7)6(3,4)8;1-2(3)4/h8H,1-4H3;1H3,(H,3,4). The van der Waals surface area contributed by atoms with Gasteiger partial charge in [0.15, 0.2) is 0 Å². The monoisotopic (exact) mass is 288 g/mol. The van der Waals surface area contributed by atoms with Crippen LogP contribution in [0.15, 0.2) is 0 Å². The molecular weight excluding hydrogens is 271 g/mol. The fraction of sp³-hybridized carbons (Fsp3) is 0.875. The molecule has 0 aromatic heterocycles. The maximum atomic E-state index is 9.35. The lowest BCUT2D eigenvalue weighted by Gasteiger charge is -2.31. The number of rotatable bonds is 1. The Balaban J connectivity index is 0. The number of aliphatic hydroxyl groups is 1. The van der Waals surface area contributed by atoms with Crippen LogP contribution in [0.5, 0.6) is 0 Å². The van der Waals surface area contributed by atoms with Gasteiger partial charge in [0, 0.05) is 10.3 Å². The van der Waals surface area contributed by atoms with Gasteiger partial charge in [-0.25, -0.2) is 0 Å².